The van der Waals surface area contributed by atoms with E-state index >= 15 is 0 Å². The fourth-order valence-corrected chi connectivity index (χ4v) is 2.83. The molecule has 2 aliphatic rings. The quantitative estimate of drug-likeness (QED) is 0.720. The molecule has 3 nitrogen and oxygen atoms in total. The van der Waals surface area contributed by atoms with Crippen LogP contribution in [0.4, 0.5) is 0 Å². The minimum absolute atomic E-state index is 0.465. The van der Waals surface area contributed by atoms with Crippen molar-refractivity contribution in [2.75, 3.05) is 19.6 Å². The van der Waals surface area contributed by atoms with Gasteiger partial charge in [0.15, 0.2) is 0 Å². The first-order valence-corrected chi connectivity index (χ1v) is 5.79. The molecule has 0 aromatic heterocycles. The van der Waals surface area contributed by atoms with Crippen LogP contribution >= 0.6 is 0 Å². The van der Waals surface area contributed by atoms with E-state index < -0.39 is 5.97 Å². The van der Waals surface area contributed by atoms with E-state index in [-0.39, 0.29) is 0 Å². The Balaban J connectivity index is 1.83. The van der Waals surface area contributed by atoms with E-state index in [0.29, 0.717) is 5.57 Å². The Hall–Kier alpha value is -0.830. The van der Waals surface area contributed by atoms with Gasteiger partial charge in [0, 0.05) is 25.2 Å². The molecule has 2 atom stereocenters. The van der Waals surface area contributed by atoms with Gasteiger partial charge in [-0.2, -0.15) is 0 Å². The van der Waals surface area contributed by atoms with Crippen molar-refractivity contribution in [1.82, 2.24) is 4.90 Å². The van der Waals surface area contributed by atoms with Crippen molar-refractivity contribution in [1.29, 1.82) is 0 Å². The van der Waals surface area contributed by atoms with E-state index in [1.165, 1.54) is 32.4 Å². The van der Waals surface area contributed by atoms with Crippen LogP contribution in [0.5, 0.6) is 0 Å². The molecule has 1 saturated heterocycles. The van der Waals surface area contributed by atoms with Gasteiger partial charge in [0.1, 0.15) is 0 Å². The normalized spacial score (nSPS) is 31.9. The molecule has 84 valence electrons. The molecule has 1 heterocycles. The van der Waals surface area contributed by atoms with Crippen LogP contribution in [0.15, 0.2) is 11.6 Å². The number of carboxylic acids is 1. The van der Waals surface area contributed by atoms with Gasteiger partial charge >= 0.3 is 5.97 Å². The van der Waals surface area contributed by atoms with E-state index in [1.54, 1.807) is 6.92 Å². The number of rotatable bonds is 3. The minimum atomic E-state index is -0.797. The van der Waals surface area contributed by atoms with Crippen LogP contribution in [-0.2, 0) is 4.79 Å². The Morgan fingerprint density at radius 3 is 2.53 bits per heavy atom. The van der Waals surface area contributed by atoms with E-state index in [9.17, 15) is 4.79 Å². The van der Waals surface area contributed by atoms with Crippen molar-refractivity contribution in [3.8, 4) is 0 Å². The van der Waals surface area contributed by atoms with Gasteiger partial charge in [-0.05, 0) is 31.6 Å². The summed E-state index contributed by atoms with van der Waals surface area (Å²) in [5, 5.41) is 8.73. The monoisotopic (exact) mass is 209 g/mol. The molecule has 0 aromatic rings. The van der Waals surface area contributed by atoms with Crippen LogP contribution in [0.25, 0.3) is 0 Å². The second kappa shape index (κ2) is 4.35. The van der Waals surface area contributed by atoms with Gasteiger partial charge in [0.2, 0.25) is 0 Å². The van der Waals surface area contributed by atoms with Gasteiger partial charge in [-0.3, -0.25) is 4.90 Å². The number of carboxylic acid groups (broad SMARTS) is 1. The topological polar surface area (TPSA) is 40.5 Å². The van der Waals surface area contributed by atoms with Crippen LogP contribution in [0.1, 0.15) is 26.2 Å². The number of fused-ring (bicyclic) bond motifs is 1. The molecule has 3 heteroatoms. The highest BCUT2D eigenvalue weighted by Gasteiger charge is 2.35. The maximum atomic E-state index is 10.6. The first-order chi connectivity index (χ1) is 7.16. The number of hydrogen-bond donors (Lipinski definition) is 1. The van der Waals surface area contributed by atoms with E-state index in [1.807, 2.05) is 6.08 Å². The van der Waals surface area contributed by atoms with Crippen LogP contribution in [-0.4, -0.2) is 35.6 Å². The smallest absolute Gasteiger partial charge is 0.330 e. The van der Waals surface area contributed by atoms with Crippen LogP contribution < -0.4 is 0 Å². The Morgan fingerprint density at radius 1 is 1.40 bits per heavy atom. The van der Waals surface area contributed by atoms with Crippen LogP contribution in [0, 0.1) is 11.8 Å². The fraction of sp³-hybridized carbons (Fsp3) is 0.750. The van der Waals surface area contributed by atoms with E-state index in [2.05, 4.69) is 4.90 Å². The summed E-state index contributed by atoms with van der Waals surface area (Å²) in [7, 11) is 0. The molecule has 0 spiro atoms. The summed E-state index contributed by atoms with van der Waals surface area (Å²) < 4.78 is 0. The van der Waals surface area contributed by atoms with Gasteiger partial charge in [0.05, 0.1) is 0 Å². The summed E-state index contributed by atoms with van der Waals surface area (Å²) >= 11 is 0. The molecular weight excluding hydrogens is 190 g/mol. The number of hydrogen-bond acceptors (Lipinski definition) is 2. The molecule has 2 unspecified atom stereocenters. The third-order valence-electron chi connectivity index (χ3n) is 3.79. The first-order valence-electron chi connectivity index (χ1n) is 5.79. The zero-order valence-electron chi connectivity index (χ0n) is 9.28. The minimum Gasteiger partial charge on any atom is -0.478 e. The van der Waals surface area contributed by atoms with Crippen LogP contribution in [0.2, 0.25) is 0 Å². The van der Waals surface area contributed by atoms with Gasteiger partial charge in [-0.25, -0.2) is 4.79 Å². The Labute approximate surface area is 90.8 Å². The largest absolute Gasteiger partial charge is 0.478 e. The predicted molar refractivity (Wildman–Crippen MR) is 58.7 cm³/mol. The molecule has 0 aromatic carbocycles. The molecule has 2 rings (SSSR count). The zero-order chi connectivity index (χ0) is 10.8. The lowest BCUT2D eigenvalue weighted by molar-refractivity contribution is -0.132. The molecule has 1 aliphatic carbocycles. The summed E-state index contributed by atoms with van der Waals surface area (Å²) in [6.45, 7) is 4.83. The molecule has 0 radical (unpaired) electrons. The van der Waals surface area contributed by atoms with Gasteiger partial charge < -0.3 is 5.11 Å². The predicted octanol–water partition coefficient (Wildman–Crippen LogP) is 1.75. The summed E-state index contributed by atoms with van der Waals surface area (Å²) in [5.74, 6) is 0.987. The van der Waals surface area contributed by atoms with E-state index in [0.717, 1.165) is 18.4 Å². The molecule has 2 fully saturated rings. The summed E-state index contributed by atoms with van der Waals surface area (Å²) in [6.07, 6.45) is 5.99. The van der Waals surface area contributed by atoms with Crippen molar-refractivity contribution in [2.24, 2.45) is 11.8 Å². The molecule has 1 N–H and O–H groups in total. The van der Waals surface area contributed by atoms with Gasteiger partial charge in [-0.1, -0.05) is 12.5 Å². The van der Waals surface area contributed by atoms with Gasteiger partial charge in [-0.15, -0.1) is 0 Å². The van der Waals surface area contributed by atoms with Crippen LogP contribution in [0.3, 0.4) is 0 Å². The van der Waals surface area contributed by atoms with Crippen molar-refractivity contribution in [3.63, 3.8) is 0 Å². The maximum Gasteiger partial charge on any atom is 0.330 e. The number of nitrogens with zero attached hydrogens (tertiary/aromatic N) is 1. The highest BCUT2D eigenvalue weighted by molar-refractivity contribution is 5.85. The third kappa shape index (κ3) is 2.40. The lowest BCUT2D eigenvalue weighted by atomic mass is 10.0. The summed E-state index contributed by atoms with van der Waals surface area (Å²) in [4.78, 5) is 13.0. The molecular formula is C12H19NO2. The van der Waals surface area contributed by atoms with Crippen molar-refractivity contribution < 1.29 is 9.90 Å². The Kier molecular flexibility index (Phi) is 3.10. The maximum absolute atomic E-state index is 10.6. The molecule has 15 heavy (non-hydrogen) atoms. The second-order valence-electron chi connectivity index (χ2n) is 4.86. The molecule has 1 aliphatic heterocycles. The fourth-order valence-electron chi connectivity index (χ4n) is 2.83. The van der Waals surface area contributed by atoms with Gasteiger partial charge in [0.25, 0.3) is 0 Å². The zero-order valence-corrected chi connectivity index (χ0v) is 9.28. The first kappa shape index (κ1) is 10.7. The average Bonchev–Trinajstić information content (AvgIpc) is 2.72. The lowest BCUT2D eigenvalue weighted by Gasteiger charge is -2.14. The molecule has 0 amide bonds. The summed E-state index contributed by atoms with van der Waals surface area (Å²) in [6, 6.07) is 0. The standard InChI is InChI=1S/C12H19NO2/c1-9(12(14)15)5-6-13-7-10-3-2-4-11(10)8-13/h5,10-11H,2-4,6-8H2,1H3,(H,14,15). The highest BCUT2D eigenvalue weighted by atomic mass is 16.4. The molecule has 0 bridgehead atoms. The Morgan fingerprint density at radius 2 is 2.00 bits per heavy atom. The number of aliphatic carboxylic acids is 1. The van der Waals surface area contributed by atoms with Crippen molar-refractivity contribution in [2.45, 2.75) is 26.2 Å². The third-order valence-corrected chi connectivity index (χ3v) is 3.79. The van der Waals surface area contributed by atoms with Crippen molar-refractivity contribution in [3.05, 3.63) is 11.6 Å². The van der Waals surface area contributed by atoms with E-state index in [4.69, 9.17) is 5.11 Å². The highest BCUT2D eigenvalue weighted by Crippen LogP contribution is 2.37. The average molecular weight is 209 g/mol. The second-order valence-corrected chi connectivity index (χ2v) is 4.86. The SMILES string of the molecule is CC(=CCN1CC2CCCC2C1)C(=O)O. The van der Waals surface area contributed by atoms with Crippen molar-refractivity contribution >= 4 is 5.97 Å². The summed E-state index contributed by atoms with van der Waals surface area (Å²) in [5.41, 5.74) is 0.465. The Bertz CT molecular complexity index is 273. The lowest BCUT2D eigenvalue weighted by Crippen LogP contribution is -2.22. The number of carbonyl (C=O) groups is 1. The number of likely N-dealkylation sites (tertiary alicyclic amines) is 1. The molecule has 1 saturated carbocycles.